The lowest BCUT2D eigenvalue weighted by Gasteiger charge is -2.39. The number of ketones is 1. The van der Waals surface area contributed by atoms with Crippen LogP contribution in [-0.4, -0.2) is 28.6 Å². The van der Waals surface area contributed by atoms with Gasteiger partial charge in [-0.3, -0.25) is 4.79 Å². The van der Waals surface area contributed by atoms with Crippen molar-refractivity contribution in [3.8, 4) is 5.75 Å². The van der Waals surface area contributed by atoms with E-state index in [1.807, 2.05) is 37.4 Å². The van der Waals surface area contributed by atoms with E-state index < -0.39 is 0 Å². The van der Waals surface area contributed by atoms with Gasteiger partial charge < -0.3 is 15.8 Å². The number of ether oxygens (including phenoxy) is 1. The number of nitrogens with two attached hydrogens (primary N) is 1. The van der Waals surface area contributed by atoms with Gasteiger partial charge in [0.05, 0.1) is 6.61 Å². The first-order valence-corrected chi connectivity index (χ1v) is 11.0. The number of carbonyl (C=O) groups excluding carboxylic acids is 1. The number of fused-ring (bicyclic) bond motifs is 1. The van der Waals surface area contributed by atoms with E-state index in [4.69, 9.17) is 10.5 Å². The first-order valence-electron chi connectivity index (χ1n) is 9.80. The zero-order valence-electron chi connectivity index (χ0n) is 17.2. The van der Waals surface area contributed by atoms with Crippen molar-refractivity contribution < 1.29 is 9.53 Å². The van der Waals surface area contributed by atoms with Crippen LogP contribution in [0.5, 0.6) is 5.75 Å². The molecule has 2 heterocycles. The SMILES string of the molecule is CCOc1ccc(C2C3=C(CC(C)(C)CC3=O)Nc3nc(SC)nc(N)c32)cc1. The van der Waals surface area contributed by atoms with Crippen LogP contribution in [0.3, 0.4) is 0 Å². The van der Waals surface area contributed by atoms with Crippen molar-refractivity contribution in [2.45, 2.75) is 44.7 Å². The first-order chi connectivity index (χ1) is 13.8. The fourth-order valence-corrected chi connectivity index (χ4v) is 4.63. The van der Waals surface area contributed by atoms with Gasteiger partial charge in [-0.1, -0.05) is 37.7 Å². The Labute approximate surface area is 175 Å². The van der Waals surface area contributed by atoms with Gasteiger partial charge in [0.15, 0.2) is 10.9 Å². The second-order valence-electron chi connectivity index (χ2n) is 8.25. The van der Waals surface area contributed by atoms with E-state index in [9.17, 15) is 4.79 Å². The number of nitrogens with zero attached hydrogens (tertiary/aromatic N) is 2. The largest absolute Gasteiger partial charge is 0.494 e. The van der Waals surface area contributed by atoms with Crippen LogP contribution in [0.2, 0.25) is 0 Å². The molecule has 0 fully saturated rings. The number of rotatable bonds is 4. The number of hydrogen-bond acceptors (Lipinski definition) is 7. The first kappa shape index (κ1) is 19.8. The van der Waals surface area contributed by atoms with Crippen molar-refractivity contribution >= 4 is 29.2 Å². The van der Waals surface area contributed by atoms with Gasteiger partial charge in [0, 0.05) is 29.2 Å². The van der Waals surface area contributed by atoms with Gasteiger partial charge in [0.1, 0.15) is 17.4 Å². The van der Waals surface area contributed by atoms with Crippen LogP contribution in [0.1, 0.15) is 50.7 Å². The summed E-state index contributed by atoms with van der Waals surface area (Å²) in [4.78, 5) is 22.4. The van der Waals surface area contributed by atoms with E-state index in [1.54, 1.807) is 0 Å². The molecule has 29 heavy (non-hydrogen) atoms. The van der Waals surface area contributed by atoms with Crippen molar-refractivity contribution in [3.05, 3.63) is 46.7 Å². The number of hydrogen-bond donors (Lipinski definition) is 2. The Morgan fingerprint density at radius 2 is 1.97 bits per heavy atom. The van der Waals surface area contributed by atoms with Crippen molar-refractivity contribution in [1.82, 2.24) is 9.97 Å². The lowest BCUT2D eigenvalue weighted by molar-refractivity contribution is -0.118. The minimum absolute atomic E-state index is 0.0926. The fourth-order valence-electron chi connectivity index (χ4n) is 4.26. The van der Waals surface area contributed by atoms with Crippen molar-refractivity contribution in [2.24, 2.45) is 5.41 Å². The second kappa shape index (κ2) is 7.37. The molecule has 0 bridgehead atoms. The summed E-state index contributed by atoms with van der Waals surface area (Å²) in [6.07, 6.45) is 3.23. The standard InChI is InChI=1S/C22H26N4O2S/c1-5-28-13-8-6-12(7-9-13)16-17-14(10-22(2,3)11-15(17)27)24-20-18(16)19(23)25-21(26-20)29-4/h6-9,16H,5,10-11H2,1-4H3,(H3,23,24,25,26). The summed E-state index contributed by atoms with van der Waals surface area (Å²) in [5.41, 5.74) is 9.79. The lowest BCUT2D eigenvalue weighted by Crippen LogP contribution is -2.34. The summed E-state index contributed by atoms with van der Waals surface area (Å²) in [5.74, 6) is 1.79. The van der Waals surface area contributed by atoms with Gasteiger partial charge in [-0.2, -0.15) is 0 Å². The molecule has 1 unspecified atom stereocenters. The molecule has 0 amide bonds. The third-order valence-electron chi connectivity index (χ3n) is 5.43. The molecule has 1 aliphatic heterocycles. The fraction of sp³-hybridized carbons (Fsp3) is 0.409. The van der Waals surface area contributed by atoms with Gasteiger partial charge in [-0.05, 0) is 42.7 Å². The molecule has 7 heteroatoms. The maximum atomic E-state index is 13.2. The van der Waals surface area contributed by atoms with Crippen LogP contribution in [-0.2, 0) is 4.79 Å². The van der Waals surface area contributed by atoms with Gasteiger partial charge >= 0.3 is 0 Å². The molecular formula is C22H26N4O2S. The molecule has 1 aliphatic carbocycles. The lowest BCUT2D eigenvalue weighted by atomic mass is 9.69. The van der Waals surface area contributed by atoms with Crippen LogP contribution in [0.25, 0.3) is 0 Å². The average Bonchev–Trinajstić information content (AvgIpc) is 2.66. The van der Waals surface area contributed by atoms with Crippen molar-refractivity contribution in [2.75, 3.05) is 23.9 Å². The Balaban J connectivity index is 1.90. The number of thioether (sulfide) groups is 1. The molecule has 1 aromatic heterocycles. The predicted octanol–water partition coefficient (Wildman–Crippen LogP) is 4.38. The molecule has 3 N–H and O–H groups in total. The summed E-state index contributed by atoms with van der Waals surface area (Å²) >= 11 is 1.45. The van der Waals surface area contributed by atoms with Crippen LogP contribution < -0.4 is 15.8 Å². The molecule has 4 rings (SSSR count). The number of aromatic nitrogens is 2. The molecule has 1 aromatic carbocycles. The third-order valence-corrected chi connectivity index (χ3v) is 5.98. The van der Waals surface area contributed by atoms with E-state index in [0.29, 0.717) is 29.8 Å². The van der Waals surface area contributed by atoms with Crippen molar-refractivity contribution in [3.63, 3.8) is 0 Å². The van der Waals surface area contributed by atoms with Gasteiger partial charge in [0.2, 0.25) is 0 Å². The highest BCUT2D eigenvalue weighted by Crippen LogP contribution is 2.50. The summed E-state index contributed by atoms with van der Waals surface area (Å²) in [6.45, 7) is 6.81. The van der Waals surface area contributed by atoms with Crippen LogP contribution in [0, 0.1) is 5.41 Å². The summed E-state index contributed by atoms with van der Waals surface area (Å²) in [6, 6.07) is 7.88. The van der Waals surface area contributed by atoms with Crippen LogP contribution in [0.15, 0.2) is 40.7 Å². The Hall–Kier alpha value is -2.54. The van der Waals surface area contributed by atoms with Crippen LogP contribution in [0.4, 0.5) is 11.6 Å². The predicted molar refractivity (Wildman–Crippen MR) is 116 cm³/mol. The molecule has 152 valence electrons. The number of Topliss-reactive ketones (excluding diaryl/α,β-unsaturated/α-hetero) is 1. The molecule has 0 radical (unpaired) electrons. The highest BCUT2D eigenvalue weighted by Gasteiger charge is 2.42. The molecule has 0 spiro atoms. The molecule has 1 atom stereocenters. The van der Waals surface area contributed by atoms with Crippen LogP contribution >= 0.6 is 11.8 Å². The zero-order valence-corrected chi connectivity index (χ0v) is 18.0. The molecular weight excluding hydrogens is 384 g/mol. The molecule has 2 aliphatic rings. The van der Waals surface area contributed by atoms with E-state index in [1.165, 1.54) is 11.8 Å². The Morgan fingerprint density at radius 3 is 2.62 bits per heavy atom. The summed E-state index contributed by atoms with van der Waals surface area (Å²) in [7, 11) is 0. The number of anilines is 2. The quantitative estimate of drug-likeness (QED) is 0.571. The van der Waals surface area contributed by atoms with Gasteiger partial charge in [-0.25, -0.2) is 9.97 Å². The van der Waals surface area contributed by atoms with Gasteiger partial charge in [0.25, 0.3) is 0 Å². The molecule has 6 nitrogen and oxygen atoms in total. The zero-order chi connectivity index (χ0) is 20.8. The topological polar surface area (TPSA) is 90.1 Å². The Morgan fingerprint density at radius 1 is 1.24 bits per heavy atom. The number of nitrogen functional groups attached to an aromatic ring is 1. The third kappa shape index (κ3) is 3.59. The summed E-state index contributed by atoms with van der Waals surface area (Å²) < 4.78 is 5.58. The van der Waals surface area contributed by atoms with E-state index in [-0.39, 0.29) is 17.1 Å². The minimum Gasteiger partial charge on any atom is -0.494 e. The normalized spacial score (nSPS) is 20.0. The Kier molecular flexibility index (Phi) is 5.02. The maximum Gasteiger partial charge on any atom is 0.191 e. The van der Waals surface area contributed by atoms with Crippen molar-refractivity contribution in [1.29, 1.82) is 0 Å². The molecule has 0 saturated carbocycles. The smallest absolute Gasteiger partial charge is 0.191 e. The number of carbonyl (C=O) groups is 1. The highest BCUT2D eigenvalue weighted by molar-refractivity contribution is 7.98. The van der Waals surface area contributed by atoms with Gasteiger partial charge in [-0.15, -0.1) is 0 Å². The monoisotopic (exact) mass is 410 g/mol. The number of benzene rings is 1. The van der Waals surface area contributed by atoms with E-state index in [0.717, 1.165) is 34.6 Å². The molecule has 0 saturated heterocycles. The molecule has 2 aromatic rings. The minimum atomic E-state index is -0.281. The maximum absolute atomic E-state index is 13.2. The summed E-state index contributed by atoms with van der Waals surface area (Å²) in [5, 5.41) is 4.04. The number of nitrogens with one attached hydrogen (secondary N) is 1. The van der Waals surface area contributed by atoms with E-state index >= 15 is 0 Å². The Bertz CT molecular complexity index is 999. The average molecular weight is 411 g/mol. The highest BCUT2D eigenvalue weighted by atomic mass is 32.2. The van der Waals surface area contributed by atoms with E-state index in [2.05, 4.69) is 29.1 Å². The number of allylic oxidation sites excluding steroid dienone is 2. The second-order valence-corrected chi connectivity index (χ2v) is 9.02.